The number of carbonyl (C=O) groups is 1. The fraction of sp³-hybridized carbons (Fsp3) is 0.316. The van der Waals surface area contributed by atoms with Crippen LogP contribution in [-0.2, 0) is 14.8 Å². The Morgan fingerprint density at radius 3 is 2.48 bits per heavy atom. The average molecular weight is 427 g/mol. The summed E-state index contributed by atoms with van der Waals surface area (Å²) in [4.78, 5) is 13.9. The quantitative estimate of drug-likeness (QED) is 0.624. The fourth-order valence-electron chi connectivity index (χ4n) is 2.74. The van der Waals surface area contributed by atoms with Crippen LogP contribution in [0.4, 0.5) is 11.4 Å². The number of amides is 1. The molecule has 2 aromatic carbocycles. The number of rotatable bonds is 8. The maximum absolute atomic E-state index is 13.0. The normalized spacial score (nSPS) is 12.4. The Balaban J connectivity index is 2.38. The van der Waals surface area contributed by atoms with Gasteiger partial charge in [-0.15, -0.1) is 11.8 Å². The first-order chi connectivity index (χ1) is 12.8. The molecule has 0 aliphatic rings. The van der Waals surface area contributed by atoms with Crippen LogP contribution in [0.1, 0.15) is 20.3 Å². The molecule has 5 nitrogen and oxygen atoms in total. The fourth-order valence-corrected chi connectivity index (χ4v) is 4.89. The van der Waals surface area contributed by atoms with Gasteiger partial charge in [-0.25, -0.2) is 8.42 Å². The van der Waals surface area contributed by atoms with Crippen molar-refractivity contribution in [2.45, 2.75) is 31.2 Å². The maximum Gasteiger partial charge on any atom is 0.248 e. The van der Waals surface area contributed by atoms with E-state index in [4.69, 9.17) is 11.6 Å². The van der Waals surface area contributed by atoms with Crippen LogP contribution in [0.15, 0.2) is 53.4 Å². The summed E-state index contributed by atoms with van der Waals surface area (Å²) in [5.41, 5.74) is 1.04. The van der Waals surface area contributed by atoms with Crippen molar-refractivity contribution in [3.63, 3.8) is 0 Å². The summed E-state index contributed by atoms with van der Waals surface area (Å²) in [5, 5.41) is 3.29. The molecule has 0 bridgehead atoms. The van der Waals surface area contributed by atoms with Crippen LogP contribution in [-0.4, -0.2) is 32.4 Å². The van der Waals surface area contributed by atoms with Crippen LogP contribution < -0.4 is 9.62 Å². The van der Waals surface area contributed by atoms with Gasteiger partial charge in [0.15, 0.2) is 0 Å². The smallest absolute Gasteiger partial charge is 0.248 e. The summed E-state index contributed by atoms with van der Waals surface area (Å²) in [7, 11) is -3.70. The number of nitrogens with one attached hydrogen (secondary N) is 1. The Morgan fingerprint density at radius 2 is 1.89 bits per heavy atom. The SMILES string of the molecule is CCSc1ccccc1NC(=O)[C@@H](CC)N(c1cccc(Cl)c1)S(C)(=O)=O. The number of sulfonamides is 1. The largest absolute Gasteiger partial charge is 0.323 e. The first-order valence-electron chi connectivity index (χ1n) is 8.55. The summed E-state index contributed by atoms with van der Waals surface area (Å²) < 4.78 is 26.1. The molecule has 146 valence electrons. The molecule has 0 saturated carbocycles. The Labute approximate surface area is 170 Å². The van der Waals surface area contributed by atoms with Gasteiger partial charge in [-0.05, 0) is 42.5 Å². The van der Waals surface area contributed by atoms with Crippen LogP contribution in [0.2, 0.25) is 5.02 Å². The monoisotopic (exact) mass is 426 g/mol. The Kier molecular flexibility index (Phi) is 7.59. The number of para-hydroxylation sites is 1. The number of halogens is 1. The van der Waals surface area contributed by atoms with E-state index >= 15 is 0 Å². The van der Waals surface area contributed by atoms with Gasteiger partial charge in [-0.3, -0.25) is 9.10 Å². The molecular weight excluding hydrogens is 404 g/mol. The first-order valence-corrected chi connectivity index (χ1v) is 11.8. The van der Waals surface area contributed by atoms with Crippen molar-refractivity contribution in [1.82, 2.24) is 0 Å². The van der Waals surface area contributed by atoms with Gasteiger partial charge >= 0.3 is 0 Å². The minimum Gasteiger partial charge on any atom is -0.323 e. The first kappa shape index (κ1) is 21.6. The molecule has 0 heterocycles. The highest BCUT2D eigenvalue weighted by Gasteiger charge is 2.31. The highest BCUT2D eigenvalue weighted by molar-refractivity contribution is 7.99. The van der Waals surface area contributed by atoms with E-state index in [0.29, 0.717) is 22.8 Å². The number of hydrogen-bond acceptors (Lipinski definition) is 4. The van der Waals surface area contributed by atoms with Gasteiger partial charge in [0.05, 0.1) is 17.6 Å². The van der Waals surface area contributed by atoms with Gasteiger partial charge in [0.25, 0.3) is 0 Å². The van der Waals surface area contributed by atoms with Crippen molar-refractivity contribution in [1.29, 1.82) is 0 Å². The number of hydrogen-bond donors (Lipinski definition) is 1. The topological polar surface area (TPSA) is 66.5 Å². The highest BCUT2D eigenvalue weighted by Crippen LogP contribution is 2.29. The highest BCUT2D eigenvalue weighted by atomic mass is 35.5. The van der Waals surface area contributed by atoms with Crippen LogP contribution in [0, 0.1) is 0 Å². The van der Waals surface area contributed by atoms with Gasteiger partial charge in [0.1, 0.15) is 6.04 Å². The van der Waals surface area contributed by atoms with E-state index in [1.165, 1.54) is 0 Å². The van der Waals surface area contributed by atoms with Crippen molar-refractivity contribution in [2.24, 2.45) is 0 Å². The molecule has 1 atom stereocenters. The molecule has 0 radical (unpaired) electrons. The standard InChI is InChI=1S/C19H23ClN2O3S2/c1-4-17(19(23)21-16-11-6-7-12-18(16)26-5-2)22(27(3,24)25)15-10-8-9-14(20)13-15/h6-13,17H,4-5H2,1-3H3,(H,21,23)/t17-/m1/s1. The molecule has 2 rings (SSSR count). The second kappa shape index (κ2) is 9.48. The molecular formula is C19H23ClN2O3S2. The lowest BCUT2D eigenvalue weighted by Crippen LogP contribution is -2.47. The van der Waals surface area contributed by atoms with Crippen LogP contribution in [0.25, 0.3) is 0 Å². The zero-order valence-electron chi connectivity index (χ0n) is 15.5. The van der Waals surface area contributed by atoms with E-state index in [9.17, 15) is 13.2 Å². The van der Waals surface area contributed by atoms with Gasteiger partial charge in [-0.1, -0.05) is 43.6 Å². The molecule has 0 spiro atoms. The van der Waals surface area contributed by atoms with Crippen molar-refractivity contribution >= 4 is 50.7 Å². The number of anilines is 2. The molecule has 0 aliphatic carbocycles. The lowest BCUT2D eigenvalue weighted by atomic mass is 10.2. The average Bonchev–Trinajstić information content (AvgIpc) is 2.60. The molecule has 1 amide bonds. The maximum atomic E-state index is 13.0. The van der Waals surface area contributed by atoms with Crippen LogP contribution >= 0.6 is 23.4 Å². The lowest BCUT2D eigenvalue weighted by Gasteiger charge is -2.30. The Bertz CT molecular complexity index is 903. The molecule has 2 aromatic rings. The van der Waals surface area contributed by atoms with E-state index in [2.05, 4.69) is 5.32 Å². The van der Waals surface area contributed by atoms with Crippen molar-refractivity contribution in [3.05, 3.63) is 53.6 Å². The van der Waals surface area contributed by atoms with Crippen molar-refractivity contribution < 1.29 is 13.2 Å². The lowest BCUT2D eigenvalue weighted by molar-refractivity contribution is -0.117. The third-order valence-corrected chi connectivity index (χ3v) is 6.21. The molecule has 0 fully saturated rings. The van der Waals surface area contributed by atoms with Gasteiger partial charge in [0, 0.05) is 9.92 Å². The van der Waals surface area contributed by atoms with E-state index in [-0.39, 0.29) is 5.91 Å². The third-order valence-electron chi connectivity index (χ3n) is 3.84. The number of thioether (sulfide) groups is 1. The second-order valence-electron chi connectivity index (χ2n) is 5.88. The predicted octanol–water partition coefficient (Wildman–Crippen LogP) is 4.64. The molecule has 27 heavy (non-hydrogen) atoms. The predicted molar refractivity (Wildman–Crippen MR) is 114 cm³/mol. The number of nitrogens with zero attached hydrogens (tertiary/aromatic N) is 1. The van der Waals surface area contributed by atoms with E-state index < -0.39 is 16.1 Å². The van der Waals surface area contributed by atoms with Crippen LogP contribution in [0.5, 0.6) is 0 Å². The van der Waals surface area contributed by atoms with Gasteiger partial charge in [0.2, 0.25) is 15.9 Å². The Morgan fingerprint density at radius 1 is 1.19 bits per heavy atom. The summed E-state index contributed by atoms with van der Waals surface area (Å²) >= 11 is 7.64. The molecule has 0 unspecified atom stereocenters. The van der Waals surface area contributed by atoms with Crippen molar-refractivity contribution in [2.75, 3.05) is 21.6 Å². The summed E-state index contributed by atoms with van der Waals surface area (Å²) in [6.45, 7) is 3.81. The molecule has 0 aromatic heterocycles. The summed E-state index contributed by atoms with van der Waals surface area (Å²) in [6.07, 6.45) is 1.40. The molecule has 0 aliphatic heterocycles. The Hall–Kier alpha value is -1.70. The van der Waals surface area contributed by atoms with E-state index in [1.807, 2.05) is 31.2 Å². The zero-order chi connectivity index (χ0) is 20.0. The third kappa shape index (κ3) is 5.64. The number of benzene rings is 2. The zero-order valence-corrected chi connectivity index (χ0v) is 17.9. The van der Waals surface area contributed by atoms with Gasteiger partial charge < -0.3 is 5.32 Å². The van der Waals surface area contributed by atoms with Crippen molar-refractivity contribution in [3.8, 4) is 0 Å². The minimum atomic E-state index is -3.70. The second-order valence-corrected chi connectivity index (χ2v) is 9.48. The van der Waals surface area contributed by atoms with E-state index in [1.54, 1.807) is 43.0 Å². The summed E-state index contributed by atoms with van der Waals surface area (Å²) in [6, 6.07) is 13.1. The molecule has 1 N–H and O–H groups in total. The van der Waals surface area contributed by atoms with Gasteiger partial charge in [-0.2, -0.15) is 0 Å². The molecule has 8 heteroatoms. The number of carbonyl (C=O) groups excluding carboxylic acids is 1. The minimum absolute atomic E-state index is 0.314. The molecule has 0 saturated heterocycles. The van der Waals surface area contributed by atoms with Crippen LogP contribution in [0.3, 0.4) is 0 Å². The summed E-state index contributed by atoms with van der Waals surface area (Å²) in [5.74, 6) is 0.481. The van der Waals surface area contributed by atoms with E-state index in [0.717, 1.165) is 21.2 Å².